The van der Waals surface area contributed by atoms with E-state index in [0.717, 1.165) is 133 Å². The topological polar surface area (TPSA) is 122 Å². The Morgan fingerprint density at radius 1 is 0.516 bits per heavy atom. The average Bonchev–Trinajstić information content (AvgIpc) is 3.28. The van der Waals surface area contributed by atoms with Crippen molar-refractivity contribution in [3.05, 3.63) is 94.0 Å². The fraction of sp³-hybridized carbons (Fsp3) is 0.618. The third-order valence-corrected chi connectivity index (χ3v) is 11.8. The summed E-state index contributed by atoms with van der Waals surface area (Å²) < 4.78 is 25.1. The van der Waals surface area contributed by atoms with Crippen LogP contribution in [0, 0.1) is 0 Å². The van der Waals surface area contributed by atoms with Crippen LogP contribution < -0.4 is 0 Å². The molecule has 1 atom stereocenters. The van der Waals surface area contributed by atoms with Gasteiger partial charge in [0.15, 0.2) is 17.3 Å². The van der Waals surface area contributed by atoms with Crippen molar-refractivity contribution in [3.8, 4) is 0 Å². The number of carbonyl (C=O) groups is 5. The van der Waals surface area contributed by atoms with E-state index in [1.807, 2.05) is 42.5 Å². The number of esters is 1. The highest BCUT2D eigenvalue weighted by atomic mass is 16.6. The molecule has 0 radical (unpaired) electrons. The van der Waals surface area contributed by atoms with Crippen LogP contribution in [0.3, 0.4) is 0 Å². The molecule has 0 aromatic heterocycles. The molecule has 0 spiro atoms. The lowest BCUT2D eigenvalue weighted by molar-refractivity contribution is -0.117. The quantitative estimate of drug-likeness (QED) is 0.0479. The molecule has 0 N–H and O–H groups in total. The van der Waals surface area contributed by atoms with Crippen molar-refractivity contribution < 1.29 is 42.9 Å². The lowest BCUT2D eigenvalue weighted by Gasteiger charge is -2.28. The number of Topliss-reactive ketones (excluding diaryl/α,β-unsaturated/α-hetero) is 4. The molecule has 2 aromatic rings. The van der Waals surface area contributed by atoms with Gasteiger partial charge in [-0.2, -0.15) is 0 Å². The van der Waals surface area contributed by atoms with Gasteiger partial charge in [0.05, 0.1) is 18.8 Å². The number of rotatable bonds is 38. The number of ketones is 4. The zero-order valence-electron chi connectivity index (χ0n) is 40.0. The number of hydrogen-bond acceptors (Lipinski definition) is 9. The van der Waals surface area contributed by atoms with Crippen molar-refractivity contribution in [1.29, 1.82) is 0 Å². The second kappa shape index (κ2) is 33.2. The predicted molar refractivity (Wildman–Crippen MR) is 255 cm³/mol. The first kappa shape index (κ1) is 54.0. The molecular weight excluding hydrogens is 805 g/mol. The lowest BCUT2D eigenvalue weighted by Crippen LogP contribution is -2.27. The highest BCUT2D eigenvalue weighted by molar-refractivity contribution is 5.96. The minimum absolute atomic E-state index is 0.0345. The zero-order chi connectivity index (χ0) is 46.2. The summed E-state index contributed by atoms with van der Waals surface area (Å²) in [4.78, 5) is 60.7. The number of ether oxygens (including phenoxy) is 4. The van der Waals surface area contributed by atoms with Crippen LogP contribution in [0.4, 0.5) is 0 Å². The molecule has 0 amide bonds. The molecule has 0 heterocycles. The number of allylic oxidation sites excluding steroid dienone is 1. The number of aryl methyl sites for hydroxylation is 2. The van der Waals surface area contributed by atoms with E-state index in [9.17, 15) is 24.0 Å². The molecular formula is C55H80O9. The monoisotopic (exact) mass is 885 g/mol. The smallest absolute Gasteiger partial charge is 0.338 e. The Morgan fingerprint density at radius 3 is 1.48 bits per heavy atom. The Bertz CT molecular complexity index is 1740. The highest BCUT2D eigenvalue weighted by Gasteiger charge is 2.30. The molecule has 3 rings (SSSR count). The first-order valence-electron chi connectivity index (χ1n) is 24.7. The summed E-state index contributed by atoms with van der Waals surface area (Å²) in [6, 6.07) is 15.4. The Balaban J connectivity index is 1.65. The van der Waals surface area contributed by atoms with Gasteiger partial charge in [-0.25, -0.2) is 4.79 Å². The first-order chi connectivity index (χ1) is 31.0. The summed E-state index contributed by atoms with van der Waals surface area (Å²) in [7, 11) is 0. The molecule has 9 nitrogen and oxygen atoms in total. The third kappa shape index (κ3) is 24.1. The molecule has 1 aliphatic carbocycles. The second-order valence-corrected chi connectivity index (χ2v) is 17.7. The summed E-state index contributed by atoms with van der Waals surface area (Å²) in [6.07, 6.45) is 23.9. The van der Waals surface area contributed by atoms with Crippen LogP contribution in [-0.4, -0.2) is 55.0 Å². The lowest BCUT2D eigenvalue weighted by atomic mass is 9.93. The van der Waals surface area contributed by atoms with E-state index in [-0.39, 0.29) is 35.7 Å². The Labute approximate surface area is 385 Å². The molecule has 2 aromatic carbocycles. The summed E-state index contributed by atoms with van der Waals surface area (Å²) in [5.41, 5.74) is 4.28. The summed E-state index contributed by atoms with van der Waals surface area (Å²) in [6.45, 7) is 8.85. The van der Waals surface area contributed by atoms with Crippen molar-refractivity contribution in [1.82, 2.24) is 0 Å². The van der Waals surface area contributed by atoms with Crippen LogP contribution in [0.2, 0.25) is 0 Å². The van der Waals surface area contributed by atoms with Gasteiger partial charge < -0.3 is 33.3 Å². The molecule has 0 fully saturated rings. The van der Waals surface area contributed by atoms with Gasteiger partial charge >= 0.3 is 5.97 Å². The van der Waals surface area contributed by atoms with Gasteiger partial charge in [-0.3, -0.25) is 4.79 Å². The van der Waals surface area contributed by atoms with E-state index in [4.69, 9.17) is 18.9 Å². The number of hydrogen-bond donors (Lipinski definition) is 0. The van der Waals surface area contributed by atoms with Gasteiger partial charge in [-0.1, -0.05) is 120 Å². The Hall–Kier alpha value is -4.37. The molecule has 9 heteroatoms. The van der Waals surface area contributed by atoms with Crippen molar-refractivity contribution in [2.75, 3.05) is 19.8 Å². The maximum absolute atomic E-state index is 14.0. The van der Waals surface area contributed by atoms with Gasteiger partial charge in [0.2, 0.25) is 0 Å². The molecule has 0 bridgehead atoms. The second-order valence-electron chi connectivity index (χ2n) is 17.7. The van der Waals surface area contributed by atoms with Crippen LogP contribution in [-0.2, 0) is 57.6 Å². The SMILES string of the molecule is CCc1ccc(COC(=O)c2ccc(CCC(=O)C3=CC(OCCCCCCCCC(C)=O)=C(OCCCCCCCCC(C)=O)C(OCCCCCCCCC(C)=O)C3)cc2)cc1. The normalized spacial score (nSPS) is 13.7. The molecule has 0 saturated carbocycles. The standard InChI is InChI=1S/C55H80O9/c1-5-46-27-29-48(30-28-46)42-64-55(60)49-34-31-47(32-35-49)33-36-51(59)50-40-52(61-37-21-15-9-6-12-18-24-43(2)56)54(63-39-23-17-11-8-14-20-26-45(4)58)53(41-50)62-38-22-16-10-7-13-19-25-44(3)57/h27-32,34-35,40,53H,5-26,33,36-39,41-42H2,1-4H3. The Kier molecular flexibility index (Phi) is 28.0. The van der Waals surface area contributed by atoms with Crippen LogP contribution in [0.1, 0.15) is 202 Å². The van der Waals surface area contributed by atoms with Crippen molar-refractivity contribution >= 4 is 29.1 Å². The van der Waals surface area contributed by atoms with E-state index in [2.05, 4.69) is 6.92 Å². The van der Waals surface area contributed by atoms with E-state index in [1.165, 1.54) is 5.56 Å². The molecule has 1 unspecified atom stereocenters. The minimum Gasteiger partial charge on any atom is -0.491 e. The number of benzene rings is 2. The van der Waals surface area contributed by atoms with E-state index >= 15 is 0 Å². The maximum Gasteiger partial charge on any atom is 0.338 e. The van der Waals surface area contributed by atoms with Crippen LogP contribution in [0.5, 0.6) is 0 Å². The van der Waals surface area contributed by atoms with Gasteiger partial charge in [0.25, 0.3) is 0 Å². The van der Waals surface area contributed by atoms with Crippen LogP contribution in [0.25, 0.3) is 0 Å². The third-order valence-electron chi connectivity index (χ3n) is 11.8. The fourth-order valence-electron chi connectivity index (χ4n) is 7.81. The highest BCUT2D eigenvalue weighted by Crippen LogP contribution is 2.31. The summed E-state index contributed by atoms with van der Waals surface area (Å²) in [5.74, 6) is 1.66. The first-order valence-corrected chi connectivity index (χ1v) is 24.7. The molecule has 0 saturated heterocycles. The predicted octanol–water partition coefficient (Wildman–Crippen LogP) is 13.0. The van der Waals surface area contributed by atoms with Gasteiger partial charge in [0.1, 0.15) is 30.1 Å². The van der Waals surface area contributed by atoms with Crippen molar-refractivity contribution in [2.24, 2.45) is 0 Å². The van der Waals surface area contributed by atoms with Crippen molar-refractivity contribution in [2.45, 2.75) is 201 Å². The number of unbranched alkanes of at least 4 members (excludes halogenated alkanes) is 15. The zero-order valence-corrected chi connectivity index (χ0v) is 40.0. The van der Waals surface area contributed by atoms with Crippen molar-refractivity contribution in [3.63, 3.8) is 0 Å². The van der Waals surface area contributed by atoms with E-state index < -0.39 is 6.10 Å². The van der Waals surface area contributed by atoms with Gasteiger partial charge in [-0.05, 0) is 107 Å². The van der Waals surface area contributed by atoms with Gasteiger partial charge in [-0.15, -0.1) is 0 Å². The van der Waals surface area contributed by atoms with Crippen LogP contribution in [0.15, 0.2) is 71.7 Å². The Morgan fingerprint density at radius 2 is 0.969 bits per heavy atom. The van der Waals surface area contributed by atoms with E-state index in [0.29, 0.717) is 81.0 Å². The largest absolute Gasteiger partial charge is 0.491 e. The number of carbonyl (C=O) groups excluding carboxylic acids is 5. The summed E-state index contributed by atoms with van der Waals surface area (Å²) >= 11 is 0. The molecule has 1 aliphatic rings. The molecule has 354 valence electrons. The summed E-state index contributed by atoms with van der Waals surface area (Å²) in [5, 5.41) is 0. The average molecular weight is 885 g/mol. The molecule has 0 aliphatic heterocycles. The van der Waals surface area contributed by atoms with Gasteiger partial charge in [0, 0.05) is 44.3 Å². The maximum atomic E-state index is 14.0. The van der Waals surface area contributed by atoms with Crippen LogP contribution >= 0.6 is 0 Å². The van der Waals surface area contributed by atoms with E-state index in [1.54, 1.807) is 32.9 Å². The molecule has 64 heavy (non-hydrogen) atoms. The fourth-order valence-corrected chi connectivity index (χ4v) is 7.81. The minimum atomic E-state index is -0.433.